The summed E-state index contributed by atoms with van der Waals surface area (Å²) in [5.41, 5.74) is -1.08. The zero-order valence-electron chi connectivity index (χ0n) is 9.73. The van der Waals surface area contributed by atoms with Crippen LogP contribution in [0.3, 0.4) is 0 Å². The van der Waals surface area contributed by atoms with Gasteiger partial charge in [0.05, 0.1) is 5.92 Å². The van der Waals surface area contributed by atoms with E-state index in [9.17, 15) is 14.4 Å². The second-order valence-electron chi connectivity index (χ2n) is 4.91. The minimum absolute atomic E-state index is 0.0665. The van der Waals surface area contributed by atoms with E-state index in [0.717, 1.165) is 6.42 Å². The van der Waals surface area contributed by atoms with Gasteiger partial charge in [-0.25, -0.2) is 4.79 Å². The topological polar surface area (TPSA) is 86.7 Å². The molecule has 1 aliphatic carbocycles. The highest BCUT2D eigenvalue weighted by atomic mass is 16.4. The smallest absolute Gasteiger partial charge is 0.329 e. The standard InChI is InChI=1S/C11H16N2O4/c1-13-6-7(5-8(13)14)9(15)12-11(10(16)17)3-2-4-11/h7H,2-6H2,1H3,(H,12,15)(H,16,17). The highest BCUT2D eigenvalue weighted by Gasteiger charge is 2.47. The second kappa shape index (κ2) is 4.01. The molecule has 2 N–H and O–H groups in total. The molecule has 1 unspecified atom stereocenters. The number of carbonyl (C=O) groups excluding carboxylic acids is 2. The zero-order chi connectivity index (χ0) is 12.6. The van der Waals surface area contributed by atoms with Crippen LogP contribution in [0.1, 0.15) is 25.7 Å². The van der Waals surface area contributed by atoms with Crippen molar-refractivity contribution in [1.29, 1.82) is 0 Å². The molecule has 0 aromatic rings. The van der Waals surface area contributed by atoms with Gasteiger partial charge in [0.1, 0.15) is 5.54 Å². The van der Waals surface area contributed by atoms with Crippen molar-refractivity contribution in [3.8, 4) is 0 Å². The maximum atomic E-state index is 11.9. The normalized spacial score (nSPS) is 26.5. The van der Waals surface area contributed by atoms with Crippen LogP contribution >= 0.6 is 0 Å². The van der Waals surface area contributed by atoms with Gasteiger partial charge in [0, 0.05) is 20.0 Å². The number of likely N-dealkylation sites (tertiary alicyclic amines) is 1. The number of amides is 2. The van der Waals surface area contributed by atoms with Gasteiger partial charge in [-0.15, -0.1) is 0 Å². The molecule has 2 amide bonds. The Hall–Kier alpha value is -1.59. The fraction of sp³-hybridized carbons (Fsp3) is 0.727. The fourth-order valence-corrected chi connectivity index (χ4v) is 2.30. The molecule has 0 aromatic carbocycles. The number of rotatable bonds is 3. The molecule has 2 aliphatic rings. The van der Waals surface area contributed by atoms with Crippen LogP contribution < -0.4 is 5.32 Å². The van der Waals surface area contributed by atoms with Crippen molar-refractivity contribution in [2.24, 2.45) is 5.92 Å². The van der Waals surface area contributed by atoms with Crippen LogP contribution in [0.25, 0.3) is 0 Å². The lowest BCUT2D eigenvalue weighted by Crippen LogP contribution is -2.60. The number of carboxylic acid groups (broad SMARTS) is 1. The summed E-state index contributed by atoms with van der Waals surface area (Å²) in [6.07, 6.45) is 1.95. The van der Waals surface area contributed by atoms with Crippen LogP contribution in [-0.4, -0.2) is 46.9 Å². The molecule has 1 atom stereocenters. The van der Waals surface area contributed by atoms with E-state index in [1.165, 1.54) is 4.90 Å². The molecule has 1 aliphatic heterocycles. The molecule has 0 bridgehead atoms. The molecule has 2 rings (SSSR count). The largest absolute Gasteiger partial charge is 0.480 e. The number of hydrogen-bond donors (Lipinski definition) is 2. The summed E-state index contributed by atoms with van der Waals surface area (Å²) in [5.74, 6) is -1.77. The van der Waals surface area contributed by atoms with Gasteiger partial charge in [-0.05, 0) is 19.3 Å². The van der Waals surface area contributed by atoms with Crippen molar-refractivity contribution in [2.45, 2.75) is 31.2 Å². The Morgan fingerprint density at radius 2 is 2.12 bits per heavy atom. The van der Waals surface area contributed by atoms with Gasteiger partial charge in [-0.1, -0.05) is 0 Å². The van der Waals surface area contributed by atoms with Gasteiger partial charge < -0.3 is 15.3 Å². The monoisotopic (exact) mass is 240 g/mol. The first kappa shape index (κ1) is 11.9. The SMILES string of the molecule is CN1CC(C(=O)NC2(C(=O)O)CCC2)CC1=O. The van der Waals surface area contributed by atoms with Gasteiger partial charge in [0.15, 0.2) is 0 Å². The minimum Gasteiger partial charge on any atom is -0.480 e. The van der Waals surface area contributed by atoms with Crippen LogP contribution in [0.15, 0.2) is 0 Å². The Kier molecular flexibility index (Phi) is 2.81. The molecular weight excluding hydrogens is 224 g/mol. The summed E-state index contributed by atoms with van der Waals surface area (Å²) in [7, 11) is 1.64. The first-order valence-electron chi connectivity index (χ1n) is 5.74. The predicted octanol–water partition coefficient (Wildman–Crippen LogP) is -0.412. The average molecular weight is 240 g/mol. The molecular formula is C11H16N2O4. The lowest BCUT2D eigenvalue weighted by Gasteiger charge is -2.38. The van der Waals surface area contributed by atoms with Crippen molar-refractivity contribution in [3.05, 3.63) is 0 Å². The van der Waals surface area contributed by atoms with Crippen LogP contribution in [0.2, 0.25) is 0 Å². The van der Waals surface area contributed by atoms with E-state index in [-0.39, 0.29) is 18.2 Å². The van der Waals surface area contributed by atoms with E-state index < -0.39 is 17.4 Å². The second-order valence-corrected chi connectivity index (χ2v) is 4.91. The van der Waals surface area contributed by atoms with Crippen molar-refractivity contribution in [1.82, 2.24) is 10.2 Å². The van der Waals surface area contributed by atoms with Crippen LogP contribution in [0.5, 0.6) is 0 Å². The number of carbonyl (C=O) groups is 3. The first-order chi connectivity index (χ1) is 7.94. The summed E-state index contributed by atoms with van der Waals surface area (Å²) >= 11 is 0. The fourth-order valence-electron chi connectivity index (χ4n) is 2.30. The number of nitrogens with one attached hydrogen (secondary N) is 1. The molecule has 17 heavy (non-hydrogen) atoms. The lowest BCUT2D eigenvalue weighted by atomic mass is 9.76. The number of nitrogens with zero attached hydrogens (tertiary/aromatic N) is 1. The molecule has 2 fully saturated rings. The first-order valence-corrected chi connectivity index (χ1v) is 5.74. The number of hydrogen-bond acceptors (Lipinski definition) is 3. The van der Waals surface area contributed by atoms with E-state index in [4.69, 9.17) is 5.11 Å². The summed E-state index contributed by atoms with van der Waals surface area (Å²) in [6, 6.07) is 0. The van der Waals surface area contributed by atoms with Gasteiger partial charge in [-0.3, -0.25) is 9.59 Å². The third-order valence-electron chi connectivity index (χ3n) is 3.69. The minimum atomic E-state index is -1.08. The maximum Gasteiger partial charge on any atom is 0.329 e. The molecule has 94 valence electrons. The van der Waals surface area contributed by atoms with E-state index in [1.807, 2.05) is 0 Å². The number of carboxylic acids is 1. The molecule has 0 spiro atoms. The van der Waals surface area contributed by atoms with E-state index in [1.54, 1.807) is 7.05 Å². The van der Waals surface area contributed by atoms with Crippen LogP contribution in [-0.2, 0) is 14.4 Å². The molecule has 1 saturated heterocycles. The Labute approximate surface area is 99.0 Å². The summed E-state index contributed by atoms with van der Waals surface area (Å²) in [4.78, 5) is 35.8. The van der Waals surface area contributed by atoms with Crippen molar-refractivity contribution in [3.63, 3.8) is 0 Å². The highest BCUT2D eigenvalue weighted by Crippen LogP contribution is 2.32. The zero-order valence-corrected chi connectivity index (χ0v) is 9.73. The third-order valence-corrected chi connectivity index (χ3v) is 3.69. The highest BCUT2D eigenvalue weighted by molar-refractivity contribution is 5.93. The number of aliphatic carboxylic acids is 1. The van der Waals surface area contributed by atoms with Crippen LogP contribution in [0.4, 0.5) is 0 Å². The molecule has 0 radical (unpaired) electrons. The molecule has 0 aromatic heterocycles. The summed E-state index contributed by atoms with van der Waals surface area (Å²) in [5, 5.41) is 11.7. The van der Waals surface area contributed by atoms with Crippen molar-refractivity contribution in [2.75, 3.05) is 13.6 Å². The summed E-state index contributed by atoms with van der Waals surface area (Å²) < 4.78 is 0. The van der Waals surface area contributed by atoms with Gasteiger partial charge in [-0.2, -0.15) is 0 Å². The molecule has 6 nitrogen and oxygen atoms in total. The van der Waals surface area contributed by atoms with E-state index in [0.29, 0.717) is 19.4 Å². The Bertz CT molecular complexity index is 376. The Morgan fingerprint density at radius 3 is 2.47 bits per heavy atom. The molecule has 1 heterocycles. The van der Waals surface area contributed by atoms with Gasteiger partial charge in [0.25, 0.3) is 0 Å². The molecule has 6 heteroatoms. The average Bonchev–Trinajstić information content (AvgIpc) is 2.52. The Morgan fingerprint density at radius 1 is 1.47 bits per heavy atom. The van der Waals surface area contributed by atoms with Crippen LogP contribution in [0, 0.1) is 5.92 Å². The van der Waals surface area contributed by atoms with Crippen molar-refractivity contribution < 1.29 is 19.5 Å². The predicted molar refractivity (Wildman–Crippen MR) is 58.1 cm³/mol. The third kappa shape index (κ3) is 1.99. The van der Waals surface area contributed by atoms with Gasteiger partial charge in [0.2, 0.25) is 11.8 Å². The maximum absolute atomic E-state index is 11.9. The van der Waals surface area contributed by atoms with Gasteiger partial charge >= 0.3 is 5.97 Å². The van der Waals surface area contributed by atoms with Crippen molar-refractivity contribution >= 4 is 17.8 Å². The van der Waals surface area contributed by atoms with E-state index in [2.05, 4.69) is 5.32 Å². The van der Waals surface area contributed by atoms with E-state index >= 15 is 0 Å². The molecule has 1 saturated carbocycles. The summed E-state index contributed by atoms with van der Waals surface area (Å²) in [6.45, 7) is 0.375. The quantitative estimate of drug-likeness (QED) is 0.702. The lowest BCUT2D eigenvalue weighted by molar-refractivity contribution is -0.152. The Balaban J connectivity index is 1.98.